The molecular formula is C16H22N6OS. The maximum Gasteiger partial charge on any atom is 0.233 e. The van der Waals surface area contributed by atoms with E-state index in [1.165, 1.54) is 17.3 Å². The summed E-state index contributed by atoms with van der Waals surface area (Å²) in [6.45, 7) is 4.49. The Labute approximate surface area is 145 Å². The molecule has 1 heterocycles. The largest absolute Gasteiger partial charge is 0.368 e. The van der Waals surface area contributed by atoms with Gasteiger partial charge in [-0.3, -0.25) is 4.79 Å². The maximum absolute atomic E-state index is 12.3. The second-order valence-electron chi connectivity index (χ2n) is 5.36. The second kappa shape index (κ2) is 8.49. The van der Waals surface area contributed by atoms with Crippen LogP contribution in [-0.4, -0.2) is 32.7 Å². The minimum Gasteiger partial charge on any atom is -0.368 e. The van der Waals surface area contributed by atoms with Gasteiger partial charge in [0.15, 0.2) is 5.16 Å². The molecule has 0 aliphatic rings. The monoisotopic (exact) mass is 346 g/mol. The van der Waals surface area contributed by atoms with E-state index in [4.69, 9.17) is 11.5 Å². The molecule has 0 aliphatic heterocycles. The highest BCUT2D eigenvalue weighted by molar-refractivity contribution is 8.00. The van der Waals surface area contributed by atoms with Crippen LogP contribution in [0, 0.1) is 0 Å². The third-order valence-electron chi connectivity index (χ3n) is 3.59. The average Bonchev–Trinajstić information content (AvgIpc) is 2.55. The van der Waals surface area contributed by atoms with E-state index >= 15 is 0 Å². The number of nitrogens with zero attached hydrogens (tertiary/aromatic N) is 3. The number of nitrogens with two attached hydrogens (primary N) is 2. The molecule has 0 radical (unpaired) electrons. The zero-order valence-corrected chi connectivity index (χ0v) is 14.6. The van der Waals surface area contributed by atoms with Crippen LogP contribution in [0.3, 0.4) is 0 Å². The van der Waals surface area contributed by atoms with Crippen molar-refractivity contribution in [3.63, 3.8) is 0 Å². The Morgan fingerprint density at radius 3 is 2.38 bits per heavy atom. The molecule has 2 atom stereocenters. The summed E-state index contributed by atoms with van der Waals surface area (Å²) >= 11 is 1.20. The van der Waals surface area contributed by atoms with E-state index < -0.39 is 0 Å². The van der Waals surface area contributed by atoms with E-state index in [0.717, 1.165) is 6.42 Å². The number of rotatable bonds is 7. The van der Waals surface area contributed by atoms with Crippen molar-refractivity contribution in [2.45, 2.75) is 36.6 Å². The molecule has 128 valence electrons. The number of anilines is 2. The van der Waals surface area contributed by atoms with Crippen molar-refractivity contribution in [1.82, 2.24) is 20.3 Å². The first kappa shape index (κ1) is 18.0. The van der Waals surface area contributed by atoms with Gasteiger partial charge in [-0.05, 0) is 18.9 Å². The van der Waals surface area contributed by atoms with Crippen LogP contribution in [0.2, 0.25) is 0 Å². The van der Waals surface area contributed by atoms with E-state index in [0.29, 0.717) is 11.7 Å². The summed E-state index contributed by atoms with van der Waals surface area (Å²) in [5.74, 6) is 0.309. The summed E-state index contributed by atoms with van der Waals surface area (Å²) in [7, 11) is 0. The van der Waals surface area contributed by atoms with Crippen molar-refractivity contribution in [2.24, 2.45) is 0 Å². The van der Waals surface area contributed by atoms with Crippen molar-refractivity contribution < 1.29 is 4.79 Å². The van der Waals surface area contributed by atoms with Gasteiger partial charge in [-0.1, -0.05) is 49.0 Å². The molecule has 0 saturated heterocycles. The molecule has 0 fully saturated rings. The molecule has 0 bridgehead atoms. The first-order chi connectivity index (χ1) is 11.5. The summed E-state index contributed by atoms with van der Waals surface area (Å²) < 4.78 is 0. The number of carbonyl (C=O) groups excluding carboxylic acids is 1. The number of aromatic nitrogens is 3. The SMILES string of the molecule is CC[C@@H](CNC(=O)[C@H](C)Sc1nc(N)nc(N)n1)c1ccccc1. The highest BCUT2D eigenvalue weighted by atomic mass is 32.2. The molecule has 5 N–H and O–H groups in total. The Morgan fingerprint density at radius 1 is 1.17 bits per heavy atom. The molecule has 1 aromatic heterocycles. The lowest BCUT2D eigenvalue weighted by Gasteiger charge is -2.18. The molecule has 1 amide bonds. The summed E-state index contributed by atoms with van der Waals surface area (Å²) in [6, 6.07) is 10.2. The Hall–Kier alpha value is -2.35. The van der Waals surface area contributed by atoms with E-state index in [2.05, 4.69) is 39.3 Å². The van der Waals surface area contributed by atoms with Gasteiger partial charge < -0.3 is 16.8 Å². The zero-order chi connectivity index (χ0) is 17.5. The lowest BCUT2D eigenvalue weighted by Crippen LogP contribution is -2.34. The minimum absolute atomic E-state index is 0.0488. The predicted octanol–water partition coefficient (Wildman–Crippen LogP) is 1.83. The number of benzene rings is 1. The number of nitrogen functional groups attached to an aromatic ring is 2. The molecule has 0 spiro atoms. The number of hydrogen-bond donors (Lipinski definition) is 3. The van der Waals surface area contributed by atoms with Crippen LogP contribution >= 0.6 is 11.8 Å². The van der Waals surface area contributed by atoms with Crippen molar-refractivity contribution in [3.05, 3.63) is 35.9 Å². The molecule has 0 unspecified atom stereocenters. The highest BCUT2D eigenvalue weighted by Gasteiger charge is 2.18. The van der Waals surface area contributed by atoms with E-state index in [-0.39, 0.29) is 29.0 Å². The summed E-state index contributed by atoms with van der Waals surface area (Å²) in [5.41, 5.74) is 12.3. The number of thioether (sulfide) groups is 1. The highest BCUT2D eigenvalue weighted by Crippen LogP contribution is 2.21. The molecule has 7 nitrogen and oxygen atoms in total. The van der Waals surface area contributed by atoms with E-state index in [9.17, 15) is 4.79 Å². The van der Waals surface area contributed by atoms with Crippen LogP contribution in [0.15, 0.2) is 35.5 Å². The van der Waals surface area contributed by atoms with Crippen LogP contribution in [-0.2, 0) is 4.79 Å². The summed E-state index contributed by atoms with van der Waals surface area (Å²) in [4.78, 5) is 24.0. The molecule has 0 aliphatic carbocycles. The Morgan fingerprint density at radius 2 is 1.79 bits per heavy atom. The van der Waals surface area contributed by atoms with Gasteiger partial charge in [0.2, 0.25) is 17.8 Å². The van der Waals surface area contributed by atoms with Crippen LogP contribution in [0.5, 0.6) is 0 Å². The molecule has 24 heavy (non-hydrogen) atoms. The van der Waals surface area contributed by atoms with Gasteiger partial charge in [0.25, 0.3) is 0 Å². The van der Waals surface area contributed by atoms with Crippen molar-refractivity contribution in [3.8, 4) is 0 Å². The second-order valence-corrected chi connectivity index (χ2v) is 6.66. The number of amides is 1. The van der Waals surface area contributed by atoms with Gasteiger partial charge in [0, 0.05) is 12.5 Å². The van der Waals surface area contributed by atoms with Crippen molar-refractivity contribution >= 4 is 29.6 Å². The van der Waals surface area contributed by atoms with Crippen molar-refractivity contribution in [1.29, 1.82) is 0 Å². The van der Waals surface area contributed by atoms with E-state index in [1.807, 2.05) is 18.2 Å². The van der Waals surface area contributed by atoms with Crippen LogP contribution in [0.1, 0.15) is 31.7 Å². The third kappa shape index (κ3) is 5.09. The molecule has 2 aromatic rings. The van der Waals surface area contributed by atoms with Gasteiger partial charge in [-0.25, -0.2) is 0 Å². The Balaban J connectivity index is 1.91. The molecule has 8 heteroatoms. The fourth-order valence-corrected chi connectivity index (χ4v) is 3.04. The minimum atomic E-state index is -0.362. The standard InChI is InChI=1S/C16H22N6OS/c1-3-11(12-7-5-4-6-8-12)9-19-13(23)10(2)24-16-21-14(17)20-15(18)22-16/h4-8,10-11H,3,9H2,1-2H3,(H,19,23)(H4,17,18,20,21,22)/t10-,11-/m0/s1. The fraction of sp³-hybridized carbons (Fsp3) is 0.375. The zero-order valence-electron chi connectivity index (χ0n) is 13.8. The van der Waals surface area contributed by atoms with Gasteiger partial charge in [-0.15, -0.1) is 0 Å². The number of hydrogen-bond acceptors (Lipinski definition) is 7. The quantitative estimate of drug-likeness (QED) is 0.654. The summed E-state index contributed by atoms with van der Waals surface area (Å²) in [6.07, 6.45) is 0.951. The Kier molecular flexibility index (Phi) is 6.36. The fourth-order valence-electron chi connectivity index (χ4n) is 2.24. The Bertz CT molecular complexity index is 661. The smallest absolute Gasteiger partial charge is 0.233 e. The number of carbonyl (C=O) groups is 1. The normalized spacial score (nSPS) is 13.2. The van der Waals surface area contributed by atoms with Crippen molar-refractivity contribution in [2.75, 3.05) is 18.0 Å². The van der Waals surface area contributed by atoms with E-state index in [1.54, 1.807) is 6.92 Å². The molecule has 2 rings (SSSR count). The number of nitrogens with one attached hydrogen (secondary N) is 1. The van der Waals surface area contributed by atoms with Crippen LogP contribution < -0.4 is 16.8 Å². The maximum atomic E-state index is 12.3. The first-order valence-corrected chi connectivity index (χ1v) is 8.64. The predicted molar refractivity (Wildman–Crippen MR) is 96.5 cm³/mol. The third-order valence-corrected chi connectivity index (χ3v) is 4.55. The van der Waals surface area contributed by atoms with Crippen LogP contribution in [0.4, 0.5) is 11.9 Å². The lowest BCUT2D eigenvalue weighted by molar-refractivity contribution is -0.120. The molecular weight excluding hydrogens is 324 g/mol. The topological polar surface area (TPSA) is 120 Å². The van der Waals surface area contributed by atoms with Gasteiger partial charge in [-0.2, -0.15) is 15.0 Å². The first-order valence-electron chi connectivity index (χ1n) is 7.76. The molecule has 0 saturated carbocycles. The molecule has 1 aromatic carbocycles. The van der Waals surface area contributed by atoms with Gasteiger partial charge in [0.05, 0.1) is 5.25 Å². The van der Waals surface area contributed by atoms with Gasteiger partial charge in [0.1, 0.15) is 0 Å². The van der Waals surface area contributed by atoms with Gasteiger partial charge >= 0.3 is 0 Å². The van der Waals surface area contributed by atoms with Crippen LogP contribution in [0.25, 0.3) is 0 Å². The lowest BCUT2D eigenvalue weighted by atomic mass is 9.96. The average molecular weight is 346 g/mol. The summed E-state index contributed by atoms with van der Waals surface area (Å²) in [5, 5.41) is 2.97.